The molecule has 0 atom stereocenters. The van der Waals surface area contributed by atoms with Crippen molar-refractivity contribution in [3.63, 3.8) is 0 Å². The molecule has 1 aliphatic heterocycles. The Morgan fingerprint density at radius 2 is 2.29 bits per heavy atom. The number of ether oxygens (including phenoxy) is 2. The highest BCUT2D eigenvalue weighted by molar-refractivity contribution is 5.96. The predicted molar refractivity (Wildman–Crippen MR) is 75.9 cm³/mol. The Morgan fingerprint density at radius 3 is 2.95 bits per heavy atom. The summed E-state index contributed by atoms with van der Waals surface area (Å²) >= 11 is 0. The molecule has 114 valence electrons. The minimum atomic E-state index is -0.536. The van der Waals surface area contributed by atoms with Crippen LogP contribution in [0.25, 0.3) is 0 Å². The van der Waals surface area contributed by atoms with Crippen LogP contribution in [-0.2, 0) is 4.79 Å². The van der Waals surface area contributed by atoms with Gasteiger partial charge in [0, 0.05) is 18.7 Å². The highest BCUT2D eigenvalue weighted by atomic mass is 16.6. The average molecular weight is 295 g/mol. The van der Waals surface area contributed by atoms with E-state index in [1.54, 1.807) is 0 Å². The molecule has 1 amide bonds. The number of nitrogens with one attached hydrogen (secondary N) is 2. The van der Waals surface area contributed by atoms with Crippen molar-refractivity contribution in [1.82, 2.24) is 5.32 Å². The van der Waals surface area contributed by atoms with Crippen molar-refractivity contribution in [1.29, 1.82) is 0 Å². The number of anilines is 1. The van der Waals surface area contributed by atoms with E-state index in [-0.39, 0.29) is 36.3 Å². The summed E-state index contributed by atoms with van der Waals surface area (Å²) in [5.41, 5.74) is 0.193. The second kappa shape index (κ2) is 6.40. The van der Waals surface area contributed by atoms with E-state index in [0.29, 0.717) is 18.3 Å². The predicted octanol–water partition coefficient (Wildman–Crippen LogP) is 1.30. The summed E-state index contributed by atoms with van der Waals surface area (Å²) in [6, 6.07) is 2.99. The second-order valence-corrected chi connectivity index (χ2v) is 4.87. The molecule has 1 heterocycles. The molecule has 21 heavy (non-hydrogen) atoms. The van der Waals surface area contributed by atoms with Crippen molar-refractivity contribution in [2.75, 3.05) is 25.1 Å². The molecule has 2 N–H and O–H groups in total. The first-order valence-corrected chi connectivity index (χ1v) is 6.58. The van der Waals surface area contributed by atoms with E-state index < -0.39 is 4.92 Å². The van der Waals surface area contributed by atoms with Crippen LogP contribution in [0, 0.1) is 10.1 Å². The van der Waals surface area contributed by atoms with Gasteiger partial charge < -0.3 is 20.1 Å². The van der Waals surface area contributed by atoms with Crippen molar-refractivity contribution in [2.45, 2.75) is 19.9 Å². The Balaban J connectivity index is 2.16. The van der Waals surface area contributed by atoms with E-state index in [4.69, 9.17) is 9.47 Å². The van der Waals surface area contributed by atoms with Crippen molar-refractivity contribution in [3.05, 3.63) is 22.2 Å². The van der Waals surface area contributed by atoms with E-state index in [1.807, 2.05) is 13.8 Å². The minimum absolute atomic E-state index is 0.107. The van der Waals surface area contributed by atoms with Crippen molar-refractivity contribution < 1.29 is 19.2 Å². The van der Waals surface area contributed by atoms with Crippen LogP contribution in [0.1, 0.15) is 13.8 Å². The second-order valence-electron chi connectivity index (χ2n) is 4.87. The van der Waals surface area contributed by atoms with Gasteiger partial charge in [-0.05, 0) is 0 Å². The molecule has 0 saturated heterocycles. The molecule has 0 aromatic heterocycles. The van der Waals surface area contributed by atoms with Gasteiger partial charge in [0.2, 0.25) is 0 Å². The Hall–Kier alpha value is -2.35. The van der Waals surface area contributed by atoms with Crippen LogP contribution in [0.2, 0.25) is 0 Å². The number of hydrogen-bond donors (Lipinski definition) is 2. The maximum atomic E-state index is 11.3. The lowest BCUT2D eigenvalue weighted by atomic mass is 10.2. The van der Waals surface area contributed by atoms with Crippen LogP contribution in [0.4, 0.5) is 11.4 Å². The summed E-state index contributed by atoms with van der Waals surface area (Å²) in [7, 11) is 0. The van der Waals surface area contributed by atoms with Crippen LogP contribution < -0.4 is 20.1 Å². The Bertz CT molecular complexity index is 559. The van der Waals surface area contributed by atoms with Crippen LogP contribution in [0.15, 0.2) is 12.1 Å². The first-order valence-electron chi connectivity index (χ1n) is 6.58. The molecular formula is C13H17N3O5. The quantitative estimate of drug-likeness (QED) is 0.466. The van der Waals surface area contributed by atoms with Gasteiger partial charge in [-0.15, -0.1) is 0 Å². The molecule has 2 rings (SSSR count). The van der Waals surface area contributed by atoms with Crippen LogP contribution in [0.5, 0.6) is 11.5 Å². The number of nitrogens with zero attached hydrogens (tertiary/aromatic N) is 1. The molecule has 0 aliphatic carbocycles. The first kappa shape index (κ1) is 15.0. The van der Waals surface area contributed by atoms with Crippen molar-refractivity contribution >= 4 is 17.3 Å². The van der Waals surface area contributed by atoms with Crippen molar-refractivity contribution in [3.8, 4) is 11.5 Å². The molecule has 0 fully saturated rings. The van der Waals surface area contributed by atoms with Gasteiger partial charge in [0.25, 0.3) is 5.91 Å². The molecule has 1 aromatic carbocycles. The molecule has 1 aromatic rings. The van der Waals surface area contributed by atoms with Crippen LogP contribution in [0.3, 0.4) is 0 Å². The largest absolute Gasteiger partial charge is 0.485 e. The number of carbonyl (C=O) groups excluding carboxylic acids is 1. The zero-order valence-corrected chi connectivity index (χ0v) is 11.8. The maximum Gasteiger partial charge on any atom is 0.314 e. The third-order valence-corrected chi connectivity index (χ3v) is 2.80. The van der Waals surface area contributed by atoms with Gasteiger partial charge in [-0.25, -0.2) is 0 Å². The van der Waals surface area contributed by atoms with Gasteiger partial charge in [0.15, 0.2) is 18.1 Å². The fourth-order valence-electron chi connectivity index (χ4n) is 1.86. The lowest BCUT2D eigenvalue weighted by Crippen LogP contribution is -2.28. The average Bonchev–Trinajstić information content (AvgIpc) is 2.42. The molecule has 0 radical (unpaired) electrons. The molecule has 0 bridgehead atoms. The van der Waals surface area contributed by atoms with Gasteiger partial charge in [0.05, 0.1) is 16.7 Å². The Kier molecular flexibility index (Phi) is 4.59. The van der Waals surface area contributed by atoms with E-state index >= 15 is 0 Å². The van der Waals surface area contributed by atoms with Crippen molar-refractivity contribution in [2.24, 2.45) is 0 Å². The zero-order valence-electron chi connectivity index (χ0n) is 11.8. The summed E-state index contributed by atoms with van der Waals surface area (Å²) in [6.45, 7) is 4.69. The molecular weight excluding hydrogens is 278 g/mol. The minimum Gasteiger partial charge on any atom is -0.485 e. The number of rotatable bonds is 6. The summed E-state index contributed by atoms with van der Waals surface area (Å²) in [4.78, 5) is 21.8. The Morgan fingerprint density at radius 1 is 1.52 bits per heavy atom. The van der Waals surface area contributed by atoms with E-state index in [1.165, 1.54) is 12.1 Å². The lowest BCUT2D eigenvalue weighted by Gasteiger charge is -2.19. The van der Waals surface area contributed by atoms with Gasteiger partial charge in [-0.3, -0.25) is 14.9 Å². The molecule has 8 heteroatoms. The highest BCUT2D eigenvalue weighted by Gasteiger charge is 2.24. The maximum absolute atomic E-state index is 11.3. The standard InChI is InChI=1S/C13H17N3O5/c1-8(2)14-3-4-20-12-5-9-11(6-10(12)16(18)19)21-7-13(17)15-9/h5-6,8,14H,3-4,7H2,1-2H3,(H,15,17). The smallest absolute Gasteiger partial charge is 0.314 e. The van der Waals surface area contributed by atoms with Crippen LogP contribution in [-0.4, -0.2) is 36.6 Å². The van der Waals surface area contributed by atoms with E-state index in [2.05, 4.69) is 10.6 Å². The molecule has 8 nitrogen and oxygen atoms in total. The molecule has 0 saturated carbocycles. The molecule has 0 spiro atoms. The number of nitro groups is 1. The monoisotopic (exact) mass is 295 g/mol. The third kappa shape index (κ3) is 3.82. The molecule has 0 unspecified atom stereocenters. The van der Waals surface area contributed by atoms with Gasteiger partial charge in [-0.2, -0.15) is 0 Å². The number of benzene rings is 1. The Labute approximate surface area is 121 Å². The first-order chi connectivity index (χ1) is 9.97. The van der Waals surface area contributed by atoms with E-state index in [0.717, 1.165) is 0 Å². The van der Waals surface area contributed by atoms with E-state index in [9.17, 15) is 14.9 Å². The van der Waals surface area contributed by atoms with Gasteiger partial charge >= 0.3 is 5.69 Å². The topological polar surface area (TPSA) is 103 Å². The SMILES string of the molecule is CC(C)NCCOc1cc2c(cc1[N+](=O)[O-])OCC(=O)N2. The van der Waals surface area contributed by atoms with Crippen LogP contribution >= 0.6 is 0 Å². The van der Waals surface area contributed by atoms with Gasteiger partial charge in [0.1, 0.15) is 6.61 Å². The van der Waals surface area contributed by atoms with Gasteiger partial charge in [-0.1, -0.05) is 13.8 Å². The lowest BCUT2D eigenvalue weighted by molar-refractivity contribution is -0.385. The number of hydrogen-bond acceptors (Lipinski definition) is 6. The highest BCUT2D eigenvalue weighted by Crippen LogP contribution is 2.39. The molecule has 1 aliphatic rings. The number of nitro benzene ring substituents is 1. The normalized spacial score (nSPS) is 13.4. The summed E-state index contributed by atoms with van der Waals surface area (Å²) in [6.07, 6.45) is 0. The third-order valence-electron chi connectivity index (χ3n) is 2.80. The number of amides is 1. The fraction of sp³-hybridized carbons (Fsp3) is 0.462. The summed E-state index contributed by atoms with van der Waals surface area (Å²) < 4.78 is 10.6. The number of carbonyl (C=O) groups is 1. The summed E-state index contributed by atoms with van der Waals surface area (Å²) in [5.74, 6) is 0.0767. The summed E-state index contributed by atoms with van der Waals surface area (Å²) in [5, 5.41) is 16.8. The zero-order chi connectivity index (χ0) is 15.4. The fourth-order valence-corrected chi connectivity index (χ4v) is 1.86. The number of fused-ring (bicyclic) bond motifs is 1.